The Morgan fingerprint density at radius 3 is 1.96 bits per heavy atom. The largest absolute Gasteiger partial charge is 0.480 e. The fourth-order valence-electron chi connectivity index (χ4n) is 1.95. The van der Waals surface area contributed by atoms with Crippen molar-refractivity contribution >= 4 is 17.8 Å². The van der Waals surface area contributed by atoms with Crippen molar-refractivity contribution in [3.05, 3.63) is 0 Å². The molecule has 0 heterocycles. The Labute approximate surface area is 131 Å². The van der Waals surface area contributed by atoms with Gasteiger partial charge in [-0.15, -0.1) is 0 Å². The lowest BCUT2D eigenvalue weighted by Crippen LogP contribution is -2.53. The smallest absolute Gasteiger partial charge is 0.471 e. The molecule has 0 radical (unpaired) electrons. The summed E-state index contributed by atoms with van der Waals surface area (Å²) in [5, 5.41) is 9.11. The van der Waals surface area contributed by atoms with Gasteiger partial charge in [0.15, 0.2) is 0 Å². The molecule has 0 saturated carbocycles. The number of imide groups is 1. The lowest BCUT2D eigenvalue weighted by molar-refractivity contribution is -0.192. The summed E-state index contributed by atoms with van der Waals surface area (Å²) in [6.45, 7) is 0.462. The standard InChI is InChI=1S/C13H22F3N3O4/c14-13(15,16)12(23)19(10(20)6-2-4-8-18)9(11(21)22)5-1-3-7-17/h9H,1-8,17-18H2,(H,21,22). The molecule has 1 atom stereocenters. The van der Waals surface area contributed by atoms with E-state index in [1.807, 2.05) is 0 Å². The summed E-state index contributed by atoms with van der Waals surface area (Å²) >= 11 is 0. The van der Waals surface area contributed by atoms with Crippen LogP contribution in [0, 0.1) is 0 Å². The highest BCUT2D eigenvalue weighted by Crippen LogP contribution is 2.23. The van der Waals surface area contributed by atoms with Gasteiger partial charge in [-0.25, -0.2) is 4.79 Å². The SMILES string of the molecule is NCCCCC(=O)N(C(=O)C(F)(F)F)C(CCCCN)C(=O)O. The third kappa shape index (κ3) is 7.42. The molecular formula is C13H22F3N3O4. The average Bonchev–Trinajstić information content (AvgIpc) is 2.45. The van der Waals surface area contributed by atoms with Crippen LogP contribution >= 0.6 is 0 Å². The molecule has 5 N–H and O–H groups in total. The lowest BCUT2D eigenvalue weighted by atomic mass is 10.1. The number of halogens is 3. The number of rotatable bonds is 10. The van der Waals surface area contributed by atoms with E-state index in [0.717, 1.165) is 0 Å². The van der Waals surface area contributed by atoms with E-state index >= 15 is 0 Å². The first-order valence-electron chi connectivity index (χ1n) is 7.23. The number of carbonyl (C=O) groups excluding carboxylic acids is 2. The van der Waals surface area contributed by atoms with Gasteiger partial charge in [-0.3, -0.25) is 14.5 Å². The summed E-state index contributed by atoms with van der Waals surface area (Å²) in [5.74, 6) is -5.29. The van der Waals surface area contributed by atoms with Crippen LogP contribution in [0.15, 0.2) is 0 Å². The van der Waals surface area contributed by atoms with Crippen LogP contribution in [0.3, 0.4) is 0 Å². The minimum Gasteiger partial charge on any atom is -0.480 e. The van der Waals surface area contributed by atoms with Crippen molar-refractivity contribution in [3.8, 4) is 0 Å². The zero-order valence-corrected chi connectivity index (χ0v) is 12.6. The van der Waals surface area contributed by atoms with Crippen molar-refractivity contribution in [2.24, 2.45) is 11.5 Å². The van der Waals surface area contributed by atoms with Gasteiger partial charge in [0.2, 0.25) is 5.91 Å². The molecule has 134 valence electrons. The Hall–Kier alpha value is -1.68. The number of aliphatic carboxylic acids is 1. The number of unbranched alkanes of at least 4 members (excludes halogenated alkanes) is 2. The van der Waals surface area contributed by atoms with Crippen molar-refractivity contribution in [3.63, 3.8) is 0 Å². The predicted octanol–water partition coefficient (Wildman–Crippen LogP) is 0.615. The van der Waals surface area contributed by atoms with Crippen LogP contribution < -0.4 is 11.5 Å². The monoisotopic (exact) mass is 341 g/mol. The zero-order chi connectivity index (χ0) is 18.0. The van der Waals surface area contributed by atoms with Crippen LogP contribution in [0.5, 0.6) is 0 Å². The number of alkyl halides is 3. The number of hydrogen-bond donors (Lipinski definition) is 3. The third-order valence-corrected chi connectivity index (χ3v) is 3.10. The number of amides is 2. The van der Waals surface area contributed by atoms with Gasteiger partial charge in [0.05, 0.1) is 0 Å². The van der Waals surface area contributed by atoms with Gasteiger partial charge < -0.3 is 16.6 Å². The molecule has 0 spiro atoms. The van der Waals surface area contributed by atoms with E-state index in [2.05, 4.69) is 0 Å². The quantitative estimate of drug-likeness (QED) is 0.500. The predicted molar refractivity (Wildman–Crippen MR) is 75.1 cm³/mol. The fraction of sp³-hybridized carbons (Fsp3) is 0.769. The van der Waals surface area contributed by atoms with Crippen molar-refractivity contribution in [1.29, 1.82) is 0 Å². The van der Waals surface area contributed by atoms with Crippen LogP contribution in [-0.4, -0.2) is 53.1 Å². The van der Waals surface area contributed by atoms with Crippen molar-refractivity contribution in [2.75, 3.05) is 13.1 Å². The van der Waals surface area contributed by atoms with Crippen LogP contribution in [0.2, 0.25) is 0 Å². The molecule has 0 rings (SSSR count). The van der Waals surface area contributed by atoms with Crippen molar-refractivity contribution < 1.29 is 32.7 Å². The van der Waals surface area contributed by atoms with E-state index in [9.17, 15) is 27.6 Å². The molecule has 23 heavy (non-hydrogen) atoms. The second-order valence-corrected chi connectivity index (χ2v) is 4.95. The van der Waals surface area contributed by atoms with Gasteiger partial charge in [0.1, 0.15) is 6.04 Å². The average molecular weight is 341 g/mol. The van der Waals surface area contributed by atoms with E-state index in [1.165, 1.54) is 0 Å². The van der Waals surface area contributed by atoms with Crippen molar-refractivity contribution in [1.82, 2.24) is 4.90 Å². The van der Waals surface area contributed by atoms with E-state index in [4.69, 9.17) is 16.6 Å². The molecule has 2 amide bonds. The van der Waals surface area contributed by atoms with E-state index < -0.39 is 30.0 Å². The molecule has 0 aromatic heterocycles. The van der Waals surface area contributed by atoms with Gasteiger partial charge in [0, 0.05) is 6.42 Å². The third-order valence-electron chi connectivity index (χ3n) is 3.10. The second-order valence-electron chi connectivity index (χ2n) is 4.95. The van der Waals surface area contributed by atoms with Crippen LogP contribution in [0.1, 0.15) is 38.5 Å². The van der Waals surface area contributed by atoms with Gasteiger partial charge in [-0.05, 0) is 45.2 Å². The Morgan fingerprint density at radius 1 is 1.00 bits per heavy atom. The minimum atomic E-state index is -5.33. The molecular weight excluding hydrogens is 319 g/mol. The molecule has 0 aliphatic rings. The second kappa shape index (κ2) is 10.2. The summed E-state index contributed by atoms with van der Waals surface area (Å²) < 4.78 is 38.1. The van der Waals surface area contributed by atoms with Crippen LogP contribution in [0.4, 0.5) is 13.2 Å². The molecule has 0 fully saturated rings. The molecule has 0 aliphatic heterocycles. The first-order valence-corrected chi connectivity index (χ1v) is 7.23. The van der Waals surface area contributed by atoms with Crippen molar-refractivity contribution in [2.45, 2.75) is 50.7 Å². The van der Waals surface area contributed by atoms with Gasteiger partial charge in [-0.1, -0.05) is 0 Å². The summed E-state index contributed by atoms with van der Waals surface area (Å²) in [5.41, 5.74) is 10.5. The molecule has 0 bridgehead atoms. The Kier molecular flexibility index (Phi) is 9.42. The molecule has 7 nitrogen and oxygen atoms in total. The summed E-state index contributed by atoms with van der Waals surface area (Å²) in [6.07, 6.45) is -4.87. The summed E-state index contributed by atoms with van der Waals surface area (Å²) in [6, 6.07) is -1.86. The maximum absolute atomic E-state index is 12.7. The maximum Gasteiger partial charge on any atom is 0.471 e. The van der Waals surface area contributed by atoms with E-state index in [-0.39, 0.29) is 43.7 Å². The highest BCUT2D eigenvalue weighted by molar-refractivity contribution is 6.01. The first kappa shape index (κ1) is 21.3. The topological polar surface area (TPSA) is 127 Å². The Morgan fingerprint density at radius 2 is 1.52 bits per heavy atom. The first-order chi connectivity index (χ1) is 10.7. The van der Waals surface area contributed by atoms with Gasteiger partial charge in [0.25, 0.3) is 0 Å². The van der Waals surface area contributed by atoms with E-state index in [0.29, 0.717) is 12.8 Å². The zero-order valence-electron chi connectivity index (χ0n) is 12.6. The fourth-order valence-corrected chi connectivity index (χ4v) is 1.95. The molecule has 0 aromatic carbocycles. The lowest BCUT2D eigenvalue weighted by Gasteiger charge is -2.28. The number of carboxylic acids is 1. The summed E-state index contributed by atoms with van der Waals surface area (Å²) in [4.78, 5) is 34.5. The molecule has 1 unspecified atom stereocenters. The number of carboxylic acid groups (broad SMARTS) is 1. The van der Waals surface area contributed by atoms with Gasteiger partial charge in [-0.2, -0.15) is 13.2 Å². The number of nitrogens with two attached hydrogens (primary N) is 2. The normalized spacial score (nSPS) is 12.7. The summed E-state index contributed by atoms with van der Waals surface area (Å²) in [7, 11) is 0. The van der Waals surface area contributed by atoms with E-state index in [1.54, 1.807) is 0 Å². The Bertz CT molecular complexity index is 416. The Balaban J connectivity index is 5.30. The molecule has 10 heteroatoms. The highest BCUT2D eigenvalue weighted by Gasteiger charge is 2.48. The highest BCUT2D eigenvalue weighted by atomic mass is 19.4. The number of nitrogens with zero attached hydrogens (tertiary/aromatic N) is 1. The van der Waals surface area contributed by atoms with Crippen LogP contribution in [0.25, 0.3) is 0 Å². The molecule has 0 saturated heterocycles. The number of carbonyl (C=O) groups is 3. The van der Waals surface area contributed by atoms with Gasteiger partial charge >= 0.3 is 18.1 Å². The minimum absolute atomic E-state index is 0.173. The van der Waals surface area contributed by atoms with Crippen LogP contribution in [-0.2, 0) is 14.4 Å². The maximum atomic E-state index is 12.7. The molecule has 0 aliphatic carbocycles. The molecule has 0 aromatic rings. The number of hydrogen-bond acceptors (Lipinski definition) is 5.